The van der Waals surface area contributed by atoms with Crippen molar-refractivity contribution in [3.8, 4) is 23.0 Å². The minimum Gasteiger partial charge on any atom is -0.507 e. The quantitative estimate of drug-likeness (QED) is 0.559. The molecule has 0 heterocycles. The molecule has 0 aliphatic rings. The van der Waals surface area contributed by atoms with Gasteiger partial charge >= 0.3 is 11.9 Å². The van der Waals surface area contributed by atoms with Gasteiger partial charge in [0, 0.05) is 11.1 Å². The average molecular weight is 423 g/mol. The number of phenols is 2. The van der Waals surface area contributed by atoms with Gasteiger partial charge in [-0.05, 0) is 51.3 Å². The van der Waals surface area contributed by atoms with E-state index in [1.807, 2.05) is 0 Å². The number of hydrogen-bond donors (Lipinski definition) is 2. The summed E-state index contributed by atoms with van der Waals surface area (Å²) in [6.07, 6.45) is 0. The Labute approximate surface area is 173 Å². The van der Waals surface area contributed by atoms with E-state index in [4.69, 9.17) is 25.8 Å². The maximum atomic E-state index is 13.0. The van der Waals surface area contributed by atoms with E-state index in [1.165, 1.54) is 21.1 Å². The van der Waals surface area contributed by atoms with Crippen LogP contribution < -0.4 is 9.47 Å². The summed E-state index contributed by atoms with van der Waals surface area (Å²) >= 11 is 6.14. The third-order valence-corrected chi connectivity index (χ3v) is 5.50. The lowest BCUT2D eigenvalue weighted by molar-refractivity contribution is 0.0596. The van der Waals surface area contributed by atoms with Crippen molar-refractivity contribution in [3.05, 3.63) is 44.0 Å². The predicted octanol–water partition coefficient (Wildman–Crippen LogP) is 4.31. The summed E-state index contributed by atoms with van der Waals surface area (Å²) in [5, 5.41) is 20.6. The van der Waals surface area contributed by atoms with Crippen LogP contribution in [0.2, 0.25) is 5.02 Å². The molecule has 8 heteroatoms. The molecule has 0 aromatic heterocycles. The molecule has 0 fully saturated rings. The Bertz CT molecular complexity index is 996. The fourth-order valence-corrected chi connectivity index (χ4v) is 3.41. The Morgan fingerprint density at radius 1 is 0.724 bits per heavy atom. The number of esters is 2. The van der Waals surface area contributed by atoms with E-state index in [0.29, 0.717) is 22.3 Å². The predicted molar refractivity (Wildman–Crippen MR) is 108 cm³/mol. The molecule has 0 saturated carbocycles. The Kier molecular flexibility index (Phi) is 6.33. The molecular formula is C21H23ClO7. The first kappa shape index (κ1) is 22.4. The first-order valence-corrected chi connectivity index (χ1v) is 9.06. The van der Waals surface area contributed by atoms with E-state index in [0.717, 1.165) is 0 Å². The first-order chi connectivity index (χ1) is 13.5. The Balaban J connectivity index is 2.66. The number of methoxy groups -OCH3 is 2. The van der Waals surface area contributed by atoms with Crippen LogP contribution >= 0.6 is 11.6 Å². The normalized spacial score (nSPS) is 10.6. The van der Waals surface area contributed by atoms with Crippen LogP contribution in [0.3, 0.4) is 0 Å². The second-order valence-corrected chi connectivity index (χ2v) is 7.01. The third-order valence-electron chi connectivity index (χ3n) is 5.04. The largest absolute Gasteiger partial charge is 0.507 e. The fraction of sp³-hybridized carbons (Fsp3) is 0.333. The molecule has 29 heavy (non-hydrogen) atoms. The topological polar surface area (TPSA) is 102 Å². The molecule has 7 nitrogen and oxygen atoms in total. The summed E-state index contributed by atoms with van der Waals surface area (Å²) in [5.41, 5.74) is 1.78. The van der Waals surface area contributed by atoms with Crippen LogP contribution in [-0.4, -0.2) is 36.4 Å². The van der Waals surface area contributed by atoms with Gasteiger partial charge in [-0.1, -0.05) is 11.6 Å². The lowest BCUT2D eigenvalue weighted by Gasteiger charge is -2.20. The van der Waals surface area contributed by atoms with Gasteiger partial charge in [0.15, 0.2) is 0 Å². The van der Waals surface area contributed by atoms with Crippen LogP contribution in [0.1, 0.15) is 48.5 Å². The van der Waals surface area contributed by atoms with E-state index in [9.17, 15) is 19.8 Å². The van der Waals surface area contributed by atoms with Crippen molar-refractivity contribution in [1.82, 2.24) is 0 Å². The molecule has 0 spiro atoms. The zero-order valence-corrected chi connectivity index (χ0v) is 18.1. The molecule has 0 atom stereocenters. The first-order valence-electron chi connectivity index (χ1n) is 8.68. The van der Waals surface area contributed by atoms with Crippen LogP contribution in [0.15, 0.2) is 0 Å². The van der Waals surface area contributed by atoms with Gasteiger partial charge in [-0.3, -0.25) is 0 Å². The van der Waals surface area contributed by atoms with E-state index < -0.39 is 11.9 Å². The van der Waals surface area contributed by atoms with Gasteiger partial charge in [-0.25, -0.2) is 9.59 Å². The molecule has 0 saturated heterocycles. The molecule has 2 rings (SSSR count). The lowest BCUT2D eigenvalue weighted by atomic mass is 9.97. The van der Waals surface area contributed by atoms with Crippen molar-refractivity contribution in [2.75, 3.05) is 14.2 Å². The van der Waals surface area contributed by atoms with Crippen LogP contribution in [0.4, 0.5) is 0 Å². The summed E-state index contributed by atoms with van der Waals surface area (Å²) in [4.78, 5) is 25.0. The number of benzene rings is 2. The molecule has 0 unspecified atom stereocenters. The summed E-state index contributed by atoms with van der Waals surface area (Å²) in [5.74, 6) is -1.73. The highest BCUT2D eigenvalue weighted by atomic mass is 35.5. The second-order valence-electron chi connectivity index (χ2n) is 6.63. The highest BCUT2D eigenvalue weighted by molar-refractivity contribution is 6.33. The number of halogens is 1. The number of aromatic hydroxyl groups is 2. The Morgan fingerprint density at radius 2 is 1.28 bits per heavy atom. The van der Waals surface area contributed by atoms with Crippen molar-refractivity contribution in [2.24, 2.45) is 0 Å². The second kappa shape index (κ2) is 8.21. The van der Waals surface area contributed by atoms with E-state index >= 15 is 0 Å². The zero-order chi connectivity index (χ0) is 22.2. The monoisotopic (exact) mass is 422 g/mol. The number of rotatable bonds is 4. The van der Waals surface area contributed by atoms with Crippen LogP contribution in [0.25, 0.3) is 0 Å². The van der Waals surface area contributed by atoms with Gasteiger partial charge in [-0.2, -0.15) is 0 Å². The smallest absolute Gasteiger partial charge is 0.347 e. The van der Waals surface area contributed by atoms with Crippen molar-refractivity contribution < 1.29 is 34.0 Å². The highest BCUT2D eigenvalue weighted by Gasteiger charge is 2.29. The molecule has 2 aromatic carbocycles. The summed E-state index contributed by atoms with van der Waals surface area (Å²) in [6, 6.07) is 0. The molecular weight excluding hydrogens is 400 g/mol. The van der Waals surface area contributed by atoms with Crippen molar-refractivity contribution in [1.29, 1.82) is 0 Å². The van der Waals surface area contributed by atoms with Gasteiger partial charge in [0.1, 0.15) is 34.1 Å². The Hall–Kier alpha value is -2.93. The standard InChI is InChI=1S/C21H23ClO7/c1-8-9(2)18(11(4)16(23)13(8)20(25)28-7)29-21(26)14-10(3)15(22)17(24)12(5)19(14)27-6/h23-24H,1-7H3. The van der Waals surface area contributed by atoms with Gasteiger partial charge in [0.2, 0.25) is 0 Å². The van der Waals surface area contributed by atoms with Crippen LogP contribution in [-0.2, 0) is 4.74 Å². The maximum absolute atomic E-state index is 13.0. The summed E-state index contributed by atoms with van der Waals surface area (Å²) < 4.78 is 15.6. The van der Waals surface area contributed by atoms with Gasteiger partial charge in [0.05, 0.1) is 19.2 Å². The molecule has 0 aliphatic heterocycles. The van der Waals surface area contributed by atoms with Crippen LogP contribution in [0.5, 0.6) is 23.0 Å². The molecule has 0 aliphatic carbocycles. The van der Waals surface area contributed by atoms with E-state index in [-0.39, 0.29) is 44.7 Å². The SMILES string of the molecule is COC(=O)c1c(C)c(C)c(OC(=O)c2c(C)c(Cl)c(O)c(C)c2OC)c(C)c1O. The lowest BCUT2D eigenvalue weighted by Crippen LogP contribution is -2.16. The van der Waals surface area contributed by atoms with E-state index in [1.54, 1.807) is 27.7 Å². The number of hydrogen-bond acceptors (Lipinski definition) is 7. The fourth-order valence-electron chi connectivity index (χ4n) is 3.18. The molecule has 0 amide bonds. The van der Waals surface area contributed by atoms with Crippen LogP contribution in [0, 0.1) is 34.6 Å². The molecule has 2 aromatic rings. The van der Waals surface area contributed by atoms with Gasteiger partial charge in [-0.15, -0.1) is 0 Å². The van der Waals surface area contributed by atoms with Crippen molar-refractivity contribution >= 4 is 23.5 Å². The highest BCUT2D eigenvalue weighted by Crippen LogP contribution is 2.42. The van der Waals surface area contributed by atoms with Gasteiger partial charge < -0.3 is 24.4 Å². The average Bonchev–Trinajstić information content (AvgIpc) is 2.70. The maximum Gasteiger partial charge on any atom is 0.347 e. The van der Waals surface area contributed by atoms with E-state index in [2.05, 4.69) is 0 Å². The Morgan fingerprint density at radius 3 is 1.79 bits per heavy atom. The summed E-state index contributed by atoms with van der Waals surface area (Å²) in [6.45, 7) is 7.93. The number of carbonyl (C=O) groups is 2. The molecule has 0 bridgehead atoms. The van der Waals surface area contributed by atoms with Crippen molar-refractivity contribution in [2.45, 2.75) is 34.6 Å². The molecule has 2 N–H and O–H groups in total. The molecule has 0 radical (unpaired) electrons. The minimum absolute atomic E-state index is 0.0135. The summed E-state index contributed by atoms with van der Waals surface area (Å²) in [7, 11) is 2.58. The van der Waals surface area contributed by atoms with Gasteiger partial charge in [0.25, 0.3) is 0 Å². The van der Waals surface area contributed by atoms with Crippen molar-refractivity contribution in [3.63, 3.8) is 0 Å². The number of phenolic OH excluding ortho intramolecular Hbond substituents is 2. The number of ether oxygens (including phenoxy) is 3. The minimum atomic E-state index is -0.778. The number of carbonyl (C=O) groups excluding carboxylic acids is 2. The third kappa shape index (κ3) is 3.58. The molecule has 156 valence electrons. The zero-order valence-electron chi connectivity index (χ0n) is 17.3.